The molecule has 1 N–H and O–H groups in total. The molecule has 12 heteroatoms. The summed E-state index contributed by atoms with van der Waals surface area (Å²) < 4.78 is 45.8. The van der Waals surface area contributed by atoms with Crippen molar-refractivity contribution in [2.75, 3.05) is 31.7 Å². The smallest absolute Gasteiger partial charge is 0.264 e. The molecule has 1 aliphatic rings. The first-order valence-corrected chi connectivity index (χ1v) is 17.2. The predicted molar refractivity (Wildman–Crippen MR) is 178 cm³/mol. The molecule has 3 aromatic rings. The third-order valence-corrected chi connectivity index (χ3v) is 10.1. The van der Waals surface area contributed by atoms with Crippen molar-refractivity contribution in [1.29, 1.82) is 0 Å². The molecule has 1 fully saturated rings. The van der Waals surface area contributed by atoms with Crippen LogP contribution in [0, 0.1) is 0 Å². The van der Waals surface area contributed by atoms with E-state index in [1.54, 1.807) is 55.5 Å². The highest BCUT2D eigenvalue weighted by atomic mass is 35.5. The van der Waals surface area contributed by atoms with E-state index in [9.17, 15) is 18.0 Å². The van der Waals surface area contributed by atoms with Crippen molar-refractivity contribution in [3.63, 3.8) is 0 Å². The van der Waals surface area contributed by atoms with Crippen molar-refractivity contribution in [3.8, 4) is 17.2 Å². The maximum atomic E-state index is 14.3. The number of sulfonamides is 1. The lowest BCUT2D eigenvalue weighted by Gasteiger charge is -2.33. The minimum atomic E-state index is -4.32. The Morgan fingerprint density at radius 2 is 1.59 bits per heavy atom. The van der Waals surface area contributed by atoms with Crippen LogP contribution in [0.1, 0.15) is 51.5 Å². The van der Waals surface area contributed by atoms with Gasteiger partial charge in [-0.05, 0) is 80.8 Å². The van der Waals surface area contributed by atoms with E-state index in [1.807, 2.05) is 6.92 Å². The number of nitrogens with zero attached hydrogens (tertiary/aromatic N) is 2. The van der Waals surface area contributed by atoms with Crippen molar-refractivity contribution in [1.82, 2.24) is 10.2 Å². The number of halogens is 1. The average molecular weight is 672 g/mol. The van der Waals surface area contributed by atoms with E-state index in [4.69, 9.17) is 25.8 Å². The van der Waals surface area contributed by atoms with E-state index in [-0.39, 0.29) is 34.8 Å². The van der Waals surface area contributed by atoms with E-state index in [0.717, 1.165) is 42.0 Å². The summed E-state index contributed by atoms with van der Waals surface area (Å²) in [4.78, 5) is 29.1. The predicted octanol–water partition coefficient (Wildman–Crippen LogP) is 5.82. The topological polar surface area (TPSA) is 114 Å². The Labute approximate surface area is 276 Å². The maximum Gasteiger partial charge on any atom is 0.264 e. The summed E-state index contributed by atoms with van der Waals surface area (Å²) in [5, 5.41) is 3.64. The number of amides is 2. The number of carbonyl (C=O) groups is 2. The Morgan fingerprint density at radius 3 is 2.20 bits per heavy atom. The molecule has 1 saturated carbocycles. The normalized spacial score (nSPS) is 14.2. The molecule has 0 bridgehead atoms. The minimum absolute atomic E-state index is 0.0435. The molecule has 0 radical (unpaired) electrons. The number of rotatable bonds is 14. The Bertz CT molecular complexity index is 1580. The molecule has 3 aromatic carbocycles. The number of benzene rings is 3. The Balaban J connectivity index is 1.71. The van der Waals surface area contributed by atoms with Gasteiger partial charge in [-0.2, -0.15) is 0 Å². The Morgan fingerprint density at radius 1 is 0.935 bits per heavy atom. The lowest BCUT2D eigenvalue weighted by atomic mass is 9.95. The molecule has 0 heterocycles. The number of methoxy groups -OCH3 is 2. The van der Waals surface area contributed by atoms with E-state index < -0.39 is 28.5 Å². The SMILES string of the molecule is CCOc1ccc(N(CC(=O)N(Cc2ccc(Cl)cc2)[C@H](C)C(=O)NC2CCCCC2)S(=O)(=O)c2ccc(OC)c(OC)c2)cc1. The monoisotopic (exact) mass is 671 g/mol. The van der Waals surface area contributed by atoms with Crippen LogP contribution in [0.5, 0.6) is 17.2 Å². The lowest BCUT2D eigenvalue weighted by Crippen LogP contribution is -2.53. The van der Waals surface area contributed by atoms with Crippen molar-refractivity contribution >= 4 is 39.1 Å². The van der Waals surface area contributed by atoms with Crippen LogP contribution >= 0.6 is 11.6 Å². The van der Waals surface area contributed by atoms with E-state index in [0.29, 0.717) is 23.1 Å². The van der Waals surface area contributed by atoms with Gasteiger partial charge in [-0.15, -0.1) is 0 Å². The zero-order valence-corrected chi connectivity index (χ0v) is 28.3. The second-order valence-corrected chi connectivity index (χ2v) is 13.4. The largest absolute Gasteiger partial charge is 0.494 e. The molecular weight excluding hydrogens is 630 g/mol. The molecule has 2 amide bonds. The first-order chi connectivity index (χ1) is 22.1. The molecule has 0 saturated heterocycles. The van der Waals surface area contributed by atoms with Gasteiger partial charge >= 0.3 is 0 Å². The number of hydrogen-bond donors (Lipinski definition) is 1. The Kier molecular flexibility index (Phi) is 12.2. The first kappa shape index (κ1) is 34.9. The summed E-state index contributed by atoms with van der Waals surface area (Å²) in [6.07, 6.45) is 4.99. The minimum Gasteiger partial charge on any atom is -0.494 e. The number of nitrogens with one attached hydrogen (secondary N) is 1. The third kappa shape index (κ3) is 8.64. The second kappa shape index (κ2) is 16.0. The van der Waals surface area contributed by atoms with Gasteiger partial charge in [0.25, 0.3) is 10.0 Å². The highest BCUT2D eigenvalue weighted by Crippen LogP contribution is 2.33. The molecule has 10 nitrogen and oxygen atoms in total. The van der Waals surface area contributed by atoms with Crippen molar-refractivity contribution in [2.45, 2.75) is 69.5 Å². The van der Waals surface area contributed by atoms with Crippen molar-refractivity contribution < 1.29 is 32.2 Å². The Hall–Kier alpha value is -3.96. The van der Waals surface area contributed by atoms with Crippen LogP contribution in [0.25, 0.3) is 0 Å². The summed E-state index contributed by atoms with van der Waals surface area (Å²) >= 11 is 6.11. The van der Waals surface area contributed by atoms with Crippen LogP contribution in [0.15, 0.2) is 71.6 Å². The van der Waals surface area contributed by atoms with Gasteiger partial charge in [0.05, 0.1) is 31.4 Å². The molecule has 4 rings (SSSR count). The number of ether oxygens (including phenoxy) is 3. The number of anilines is 1. The van der Waals surface area contributed by atoms with E-state index >= 15 is 0 Å². The fraction of sp³-hybridized carbons (Fsp3) is 0.412. The summed E-state index contributed by atoms with van der Waals surface area (Å²) in [7, 11) is -1.45. The molecule has 46 heavy (non-hydrogen) atoms. The zero-order chi connectivity index (χ0) is 33.3. The molecule has 0 spiro atoms. The summed E-state index contributed by atoms with van der Waals surface area (Å²) in [5.74, 6) is 0.290. The molecule has 0 aromatic heterocycles. The van der Waals surface area contributed by atoms with Gasteiger partial charge in [0.2, 0.25) is 11.8 Å². The fourth-order valence-electron chi connectivity index (χ4n) is 5.45. The third-order valence-electron chi connectivity index (χ3n) is 8.04. The van der Waals surface area contributed by atoms with E-state index in [2.05, 4.69) is 5.32 Å². The quantitative estimate of drug-likeness (QED) is 0.230. The second-order valence-electron chi connectivity index (χ2n) is 11.1. The zero-order valence-electron chi connectivity index (χ0n) is 26.7. The highest BCUT2D eigenvalue weighted by molar-refractivity contribution is 7.92. The first-order valence-electron chi connectivity index (χ1n) is 15.4. The summed E-state index contributed by atoms with van der Waals surface area (Å²) in [6.45, 7) is 3.45. The van der Waals surface area contributed by atoms with Crippen LogP contribution in [-0.4, -0.2) is 64.6 Å². The molecular formula is C34H42ClN3O7S. The maximum absolute atomic E-state index is 14.3. The van der Waals surface area contributed by atoms with Crippen LogP contribution in [0.2, 0.25) is 5.02 Å². The average Bonchev–Trinajstić information content (AvgIpc) is 3.07. The van der Waals surface area contributed by atoms with Crippen molar-refractivity contribution in [3.05, 3.63) is 77.3 Å². The van der Waals surface area contributed by atoms with Gasteiger partial charge in [-0.25, -0.2) is 8.42 Å². The van der Waals surface area contributed by atoms with Gasteiger partial charge in [-0.3, -0.25) is 13.9 Å². The molecule has 1 aliphatic carbocycles. The molecule has 0 unspecified atom stereocenters. The molecule has 1 atom stereocenters. The van der Waals surface area contributed by atoms with Gasteiger partial charge in [0.1, 0.15) is 18.3 Å². The van der Waals surface area contributed by atoms with Crippen LogP contribution in [-0.2, 0) is 26.2 Å². The van der Waals surface area contributed by atoms with Crippen LogP contribution in [0.4, 0.5) is 5.69 Å². The van der Waals surface area contributed by atoms with Gasteiger partial charge < -0.3 is 24.4 Å². The molecule has 248 valence electrons. The standard InChI is InChI=1S/C34H42ClN3O7S/c1-5-45-29-17-15-28(16-18-29)38(46(41,42)30-19-20-31(43-3)32(21-30)44-4)23-33(39)37(22-25-11-13-26(35)14-12-25)24(2)34(40)36-27-9-7-6-8-10-27/h11-21,24,27H,5-10,22-23H2,1-4H3,(H,36,40)/t24-/m1/s1. The molecule has 0 aliphatic heterocycles. The fourth-order valence-corrected chi connectivity index (χ4v) is 7.00. The van der Waals surface area contributed by atoms with Gasteiger partial charge in [0.15, 0.2) is 11.5 Å². The highest BCUT2D eigenvalue weighted by Gasteiger charge is 2.33. The summed E-state index contributed by atoms with van der Waals surface area (Å²) in [5.41, 5.74) is 0.989. The van der Waals surface area contributed by atoms with Gasteiger partial charge in [0, 0.05) is 23.7 Å². The lowest BCUT2D eigenvalue weighted by molar-refractivity contribution is -0.139. The van der Waals surface area contributed by atoms with Gasteiger partial charge in [-0.1, -0.05) is 43.0 Å². The van der Waals surface area contributed by atoms with Crippen LogP contribution < -0.4 is 23.8 Å². The van der Waals surface area contributed by atoms with Crippen molar-refractivity contribution in [2.24, 2.45) is 0 Å². The number of hydrogen-bond acceptors (Lipinski definition) is 7. The van der Waals surface area contributed by atoms with E-state index in [1.165, 1.54) is 37.3 Å². The van der Waals surface area contributed by atoms with Crippen LogP contribution in [0.3, 0.4) is 0 Å². The number of carbonyl (C=O) groups excluding carboxylic acids is 2. The summed E-state index contributed by atoms with van der Waals surface area (Å²) in [6, 6.07) is 16.8.